The monoisotopic (exact) mass is 328 g/mol. The molecule has 0 radical (unpaired) electrons. The molecule has 23 heavy (non-hydrogen) atoms. The largest absolute Gasteiger partial charge is 0.329 e. The zero-order valence-electron chi connectivity index (χ0n) is 13.4. The number of carbonyl (C=O) groups is 1. The maximum absolute atomic E-state index is 10.7. The van der Waals surface area contributed by atoms with Crippen LogP contribution < -0.4 is 10.6 Å². The molecule has 0 aromatic heterocycles. The highest BCUT2D eigenvalue weighted by molar-refractivity contribution is 6.31. The Morgan fingerprint density at radius 2 is 1.96 bits per heavy atom. The minimum Gasteiger partial charge on any atom is -0.329 e. The maximum Gasteiger partial charge on any atom is 0.211 e. The number of fused-ring (bicyclic) bond motifs is 1. The lowest BCUT2D eigenvalue weighted by atomic mass is 9.76. The van der Waals surface area contributed by atoms with Crippen LogP contribution in [0.5, 0.6) is 0 Å². The highest BCUT2D eigenvalue weighted by atomic mass is 35.5. The molecule has 0 spiro atoms. The Labute approximate surface area is 142 Å². The lowest BCUT2D eigenvalue weighted by molar-refractivity contribution is -0.105. The van der Waals surface area contributed by atoms with E-state index in [1.165, 1.54) is 16.7 Å². The van der Waals surface area contributed by atoms with Gasteiger partial charge in [-0.25, -0.2) is 0 Å². The van der Waals surface area contributed by atoms with E-state index in [-0.39, 0.29) is 0 Å². The lowest BCUT2D eigenvalue weighted by Crippen LogP contribution is -2.24. The highest BCUT2D eigenvalue weighted by Crippen LogP contribution is 2.42. The fourth-order valence-electron chi connectivity index (χ4n) is 3.53. The van der Waals surface area contributed by atoms with Crippen LogP contribution in [-0.2, 0) is 4.79 Å². The summed E-state index contributed by atoms with van der Waals surface area (Å²) in [7, 11) is 1.99. The third-order valence-corrected chi connectivity index (χ3v) is 5.16. The Morgan fingerprint density at radius 3 is 2.65 bits per heavy atom. The van der Waals surface area contributed by atoms with Gasteiger partial charge >= 0.3 is 0 Å². The smallest absolute Gasteiger partial charge is 0.211 e. The van der Waals surface area contributed by atoms with Crippen LogP contribution in [0.3, 0.4) is 0 Å². The molecule has 0 saturated heterocycles. The first-order chi connectivity index (χ1) is 11.1. The van der Waals surface area contributed by atoms with Crippen molar-refractivity contribution in [3.05, 3.63) is 63.7 Å². The molecule has 1 amide bonds. The van der Waals surface area contributed by atoms with Crippen molar-refractivity contribution in [3.8, 4) is 0 Å². The molecule has 1 aliphatic rings. The van der Waals surface area contributed by atoms with E-state index in [1.807, 2.05) is 26.1 Å². The van der Waals surface area contributed by atoms with E-state index in [4.69, 9.17) is 11.6 Å². The Morgan fingerprint density at radius 1 is 1.13 bits per heavy atom. The second-order valence-electron chi connectivity index (χ2n) is 6.09. The van der Waals surface area contributed by atoms with Crippen LogP contribution in [0.25, 0.3) is 0 Å². The molecule has 2 aromatic carbocycles. The van der Waals surface area contributed by atoms with E-state index >= 15 is 0 Å². The lowest BCUT2D eigenvalue weighted by Gasteiger charge is -2.32. The van der Waals surface area contributed by atoms with Crippen LogP contribution >= 0.6 is 11.6 Å². The summed E-state index contributed by atoms with van der Waals surface area (Å²) < 4.78 is 0. The summed E-state index contributed by atoms with van der Waals surface area (Å²) in [6.45, 7) is 2.04. The average Bonchev–Trinajstić information content (AvgIpc) is 2.56. The number of benzene rings is 2. The molecule has 0 aliphatic heterocycles. The second kappa shape index (κ2) is 6.73. The number of amides is 1. The van der Waals surface area contributed by atoms with E-state index < -0.39 is 0 Å². The van der Waals surface area contributed by atoms with Gasteiger partial charge in [0.1, 0.15) is 0 Å². The number of nitrogens with one attached hydrogen (secondary N) is 2. The van der Waals surface area contributed by atoms with Gasteiger partial charge in [0.05, 0.1) is 0 Å². The molecule has 2 aromatic rings. The van der Waals surface area contributed by atoms with Crippen molar-refractivity contribution in [2.24, 2.45) is 0 Å². The van der Waals surface area contributed by atoms with Gasteiger partial charge in [-0.15, -0.1) is 0 Å². The first kappa shape index (κ1) is 16.0. The van der Waals surface area contributed by atoms with Gasteiger partial charge in [0, 0.05) is 22.7 Å². The van der Waals surface area contributed by atoms with Gasteiger partial charge in [0.25, 0.3) is 0 Å². The second-order valence-corrected chi connectivity index (χ2v) is 6.49. The molecule has 2 N–H and O–H groups in total. The molecule has 1 aliphatic carbocycles. The molecule has 120 valence electrons. The Bertz CT molecular complexity index is 729. The Hall–Kier alpha value is -1.84. The molecule has 4 heteroatoms. The first-order valence-electron chi connectivity index (χ1n) is 7.91. The Balaban J connectivity index is 2.05. The molecule has 0 unspecified atom stereocenters. The summed E-state index contributed by atoms with van der Waals surface area (Å²) in [6, 6.07) is 12.8. The van der Waals surface area contributed by atoms with Crippen LogP contribution in [0.15, 0.2) is 36.4 Å². The fourth-order valence-corrected chi connectivity index (χ4v) is 3.64. The number of hydrogen-bond donors (Lipinski definition) is 2. The van der Waals surface area contributed by atoms with Crippen LogP contribution in [0.1, 0.15) is 47.1 Å². The summed E-state index contributed by atoms with van der Waals surface area (Å²) in [5.74, 6) is 0.371. The fraction of sp³-hybridized carbons (Fsp3) is 0.316. The Kier molecular flexibility index (Phi) is 4.69. The maximum atomic E-state index is 10.7. The van der Waals surface area contributed by atoms with Crippen LogP contribution in [0, 0.1) is 6.92 Å². The van der Waals surface area contributed by atoms with Gasteiger partial charge in [-0.3, -0.25) is 4.79 Å². The zero-order chi connectivity index (χ0) is 16.4. The van der Waals surface area contributed by atoms with Crippen molar-refractivity contribution >= 4 is 23.7 Å². The normalized spacial score (nSPS) is 20.0. The summed E-state index contributed by atoms with van der Waals surface area (Å²) in [4.78, 5) is 10.7. The van der Waals surface area contributed by atoms with E-state index in [0.29, 0.717) is 12.0 Å². The van der Waals surface area contributed by atoms with E-state index in [2.05, 4.69) is 34.9 Å². The van der Waals surface area contributed by atoms with Crippen molar-refractivity contribution in [2.45, 2.75) is 31.7 Å². The molecular weight excluding hydrogens is 308 g/mol. The molecule has 3 nitrogen and oxygen atoms in total. The SMILES string of the molecule is CN[C@H]1CC[C@@H](c2ccc(Cl)c(C)c2)c2ccc(NC=O)cc21. The average molecular weight is 329 g/mol. The summed E-state index contributed by atoms with van der Waals surface area (Å²) >= 11 is 6.17. The topological polar surface area (TPSA) is 41.1 Å². The predicted molar refractivity (Wildman–Crippen MR) is 95.2 cm³/mol. The van der Waals surface area contributed by atoms with Crippen molar-refractivity contribution in [3.63, 3.8) is 0 Å². The quantitative estimate of drug-likeness (QED) is 0.817. The number of anilines is 1. The third-order valence-electron chi connectivity index (χ3n) is 4.74. The van der Waals surface area contributed by atoms with Gasteiger partial charge in [-0.05, 0) is 67.3 Å². The summed E-state index contributed by atoms with van der Waals surface area (Å²) in [5.41, 5.74) is 5.85. The van der Waals surface area contributed by atoms with Gasteiger partial charge in [0.2, 0.25) is 6.41 Å². The number of hydrogen-bond acceptors (Lipinski definition) is 2. The van der Waals surface area contributed by atoms with Gasteiger partial charge < -0.3 is 10.6 Å². The van der Waals surface area contributed by atoms with E-state index in [0.717, 1.165) is 35.5 Å². The molecule has 0 bridgehead atoms. The van der Waals surface area contributed by atoms with Crippen molar-refractivity contribution in [2.75, 3.05) is 12.4 Å². The van der Waals surface area contributed by atoms with E-state index in [9.17, 15) is 4.79 Å². The van der Waals surface area contributed by atoms with Crippen molar-refractivity contribution in [1.29, 1.82) is 0 Å². The number of rotatable bonds is 4. The predicted octanol–water partition coefficient (Wildman–Crippen LogP) is 4.40. The van der Waals surface area contributed by atoms with Gasteiger partial charge in [-0.2, -0.15) is 0 Å². The van der Waals surface area contributed by atoms with Crippen LogP contribution in [0.4, 0.5) is 5.69 Å². The molecule has 0 fully saturated rings. The first-order valence-corrected chi connectivity index (χ1v) is 8.29. The molecular formula is C19H21ClN2O. The van der Waals surface area contributed by atoms with Gasteiger partial charge in [-0.1, -0.05) is 29.8 Å². The van der Waals surface area contributed by atoms with E-state index in [1.54, 1.807) is 0 Å². The van der Waals surface area contributed by atoms with Crippen molar-refractivity contribution < 1.29 is 4.79 Å². The van der Waals surface area contributed by atoms with Crippen LogP contribution in [-0.4, -0.2) is 13.5 Å². The summed E-state index contributed by atoms with van der Waals surface area (Å²) in [6.07, 6.45) is 2.89. The summed E-state index contributed by atoms with van der Waals surface area (Å²) in [5, 5.41) is 6.94. The minimum atomic E-state index is 0.322. The highest BCUT2D eigenvalue weighted by Gasteiger charge is 2.27. The minimum absolute atomic E-state index is 0.322. The van der Waals surface area contributed by atoms with Crippen molar-refractivity contribution in [1.82, 2.24) is 5.32 Å². The van der Waals surface area contributed by atoms with Crippen LogP contribution in [0.2, 0.25) is 5.02 Å². The molecule has 2 atom stereocenters. The molecule has 0 saturated carbocycles. The third kappa shape index (κ3) is 3.12. The number of aryl methyl sites for hydroxylation is 1. The number of halogens is 1. The molecule has 0 heterocycles. The number of carbonyl (C=O) groups excluding carboxylic acids is 1. The van der Waals surface area contributed by atoms with Gasteiger partial charge in [0.15, 0.2) is 0 Å². The standard InChI is InChI=1S/C19H21ClN2O/c1-12-9-13(3-7-18(12)20)15-6-8-19(21-2)17-10-14(22-11-23)4-5-16(15)17/h3-5,7,9-11,15,19,21H,6,8H2,1-2H3,(H,22,23)/t15-,19-/m0/s1. The molecule has 3 rings (SSSR count). The zero-order valence-corrected chi connectivity index (χ0v) is 14.2.